The lowest BCUT2D eigenvalue weighted by molar-refractivity contribution is 0.504. The van der Waals surface area contributed by atoms with Crippen molar-refractivity contribution in [3.05, 3.63) is 59.4 Å². The molecule has 0 bridgehead atoms. The van der Waals surface area contributed by atoms with E-state index in [1.807, 2.05) is 0 Å². The number of hydrogen-bond acceptors (Lipinski definition) is 4. The number of hydrogen-bond donors (Lipinski definition) is 1. The maximum absolute atomic E-state index is 13.1. The van der Waals surface area contributed by atoms with Gasteiger partial charge in [-0.05, 0) is 29.8 Å². The molecule has 0 atom stereocenters. The first kappa shape index (κ1) is 14.5. The van der Waals surface area contributed by atoms with Gasteiger partial charge in [0.25, 0.3) is 0 Å². The maximum atomic E-state index is 13.1. The third-order valence-corrected chi connectivity index (χ3v) is 4.44. The Morgan fingerprint density at radius 1 is 1.15 bits per heavy atom. The van der Waals surface area contributed by atoms with Gasteiger partial charge in [-0.1, -0.05) is 6.07 Å². The molecule has 7 heteroatoms. The summed E-state index contributed by atoms with van der Waals surface area (Å²) in [5.41, 5.74) is 6.39. The van der Waals surface area contributed by atoms with Crippen molar-refractivity contribution in [3.8, 4) is 0 Å². The van der Waals surface area contributed by atoms with E-state index in [0.29, 0.717) is 17.3 Å². The molecule has 2 aromatic rings. The van der Waals surface area contributed by atoms with E-state index >= 15 is 0 Å². The first-order valence-corrected chi connectivity index (χ1v) is 7.40. The van der Waals surface area contributed by atoms with Gasteiger partial charge in [0.1, 0.15) is 0 Å². The smallest absolute Gasteiger partial charge is 0.182 e. The number of nitrogens with zero attached hydrogens (tertiary/aromatic N) is 1. The van der Waals surface area contributed by atoms with Gasteiger partial charge < -0.3 is 5.73 Å². The number of benzene rings is 1. The zero-order valence-corrected chi connectivity index (χ0v) is 11.2. The monoisotopic (exact) mass is 298 g/mol. The lowest BCUT2D eigenvalue weighted by Crippen LogP contribution is -2.10. The molecule has 0 fully saturated rings. The number of halogens is 2. The summed E-state index contributed by atoms with van der Waals surface area (Å²) in [6, 6.07) is 5.67. The molecule has 1 aromatic heterocycles. The Labute approximate surface area is 115 Å². The van der Waals surface area contributed by atoms with Crippen LogP contribution in [0.4, 0.5) is 8.78 Å². The van der Waals surface area contributed by atoms with Crippen LogP contribution in [0.1, 0.15) is 11.3 Å². The second kappa shape index (κ2) is 5.64. The molecule has 0 amide bonds. The highest BCUT2D eigenvalue weighted by atomic mass is 32.2. The zero-order chi connectivity index (χ0) is 14.8. The highest BCUT2D eigenvalue weighted by Crippen LogP contribution is 2.20. The number of aromatic nitrogens is 1. The summed E-state index contributed by atoms with van der Waals surface area (Å²) in [4.78, 5) is 3.71. The van der Waals surface area contributed by atoms with Gasteiger partial charge in [-0.25, -0.2) is 17.2 Å². The topological polar surface area (TPSA) is 73.0 Å². The second-order valence-electron chi connectivity index (χ2n) is 4.15. The molecule has 0 unspecified atom stereocenters. The molecule has 0 aliphatic rings. The van der Waals surface area contributed by atoms with Crippen LogP contribution in [0, 0.1) is 11.6 Å². The minimum atomic E-state index is -3.79. The van der Waals surface area contributed by atoms with Crippen LogP contribution in [0.15, 0.2) is 41.4 Å². The van der Waals surface area contributed by atoms with E-state index in [9.17, 15) is 17.2 Å². The molecule has 20 heavy (non-hydrogen) atoms. The summed E-state index contributed by atoms with van der Waals surface area (Å²) in [5, 5.41) is 0. The number of sulfone groups is 1. The number of pyridine rings is 1. The molecule has 106 valence electrons. The summed E-state index contributed by atoms with van der Waals surface area (Å²) in [6.07, 6.45) is 1.51. The van der Waals surface area contributed by atoms with E-state index < -0.39 is 21.5 Å². The summed E-state index contributed by atoms with van der Waals surface area (Å²) < 4.78 is 50.3. The highest BCUT2D eigenvalue weighted by Gasteiger charge is 2.19. The normalized spacial score (nSPS) is 11.6. The van der Waals surface area contributed by atoms with Crippen LogP contribution in [0.2, 0.25) is 0 Å². The molecule has 1 aromatic carbocycles. The van der Waals surface area contributed by atoms with Crippen molar-refractivity contribution in [1.82, 2.24) is 4.98 Å². The molecule has 0 radical (unpaired) electrons. The Kier molecular flexibility index (Phi) is 4.10. The van der Waals surface area contributed by atoms with Crippen molar-refractivity contribution in [2.45, 2.75) is 17.2 Å². The predicted molar refractivity (Wildman–Crippen MR) is 69.4 cm³/mol. The minimum absolute atomic E-state index is 0.101. The van der Waals surface area contributed by atoms with Crippen molar-refractivity contribution in [3.63, 3.8) is 0 Å². The Morgan fingerprint density at radius 2 is 1.90 bits per heavy atom. The Balaban J connectivity index is 2.38. The van der Waals surface area contributed by atoms with Gasteiger partial charge in [0, 0.05) is 12.7 Å². The average molecular weight is 298 g/mol. The molecule has 2 N–H and O–H groups in total. The zero-order valence-electron chi connectivity index (χ0n) is 10.4. The number of rotatable bonds is 4. The summed E-state index contributed by atoms with van der Waals surface area (Å²) in [5.74, 6) is -2.65. The standard InChI is InChI=1S/C13H12F2N2O2S/c14-11-4-3-10(6-12(11)15)20(18,19)8-9-2-1-5-17-13(9)7-16/h1-6H,7-8,16H2. The summed E-state index contributed by atoms with van der Waals surface area (Å²) >= 11 is 0. The Bertz CT molecular complexity index is 733. The molecule has 2 rings (SSSR count). The van der Waals surface area contributed by atoms with E-state index in [2.05, 4.69) is 4.98 Å². The van der Waals surface area contributed by atoms with Gasteiger partial charge in [-0.3, -0.25) is 4.98 Å². The third kappa shape index (κ3) is 3.00. The van der Waals surface area contributed by atoms with Crippen LogP contribution < -0.4 is 5.73 Å². The summed E-state index contributed by atoms with van der Waals surface area (Å²) in [6.45, 7) is 0.101. The molecular formula is C13H12F2N2O2S. The molecule has 0 aliphatic carbocycles. The largest absolute Gasteiger partial charge is 0.325 e. The van der Waals surface area contributed by atoms with Gasteiger partial charge in [-0.15, -0.1) is 0 Å². The van der Waals surface area contributed by atoms with Crippen molar-refractivity contribution >= 4 is 9.84 Å². The van der Waals surface area contributed by atoms with Crippen molar-refractivity contribution < 1.29 is 17.2 Å². The average Bonchev–Trinajstić information content (AvgIpc) is 2.42. The minimum Gasteiger partial charge on any atom is -0.325 e. The van der Waals surface area contributed by atoms with Gasteiger partial charge in [0.05, 0.1) is 16.3 Å². The molecule has 1 heterocycles. The van der Waals surface area contributed by atoms with E-state index in [1.165, 1.54) is 6.20 Å². The highest BCUT2D eigenvalue weighted by molar-refractivity contribution is 7.90. The van der Waals surface area contributed by atoms with Gasteiger partial charge in [-0.2, -0.15) is 0 Å². The lowest BCUT2D eigenvalue weighted by atomic mass is 10.2. The van der Waals surface area contributed by atoms with Crippen LogP contribution >= 0.6 is 0 Å². The molecule has 0 spiro atoms. The fraction of sp³-hybridized carbons (Fsp3) is 0.154. The van der Waals surface area contributed by atoms with Crippen LogP contribution in [0.5, 0.6) is 0 Å². The van der Waals surface area contributed by atoms with Crippen LogP contribution in [0.25, 0.3) is 0 Å². The fourth-order valence-corrected chi connectivity index (χ4v) is 3.14. The van der Waals surface area contributed by atoms with E-state index in [1.54, 1.807) is 12.1 Å². The molecule has 0 saturated carbocycles. The van der Waals surface area contributed by atoms with Gasteiger partial charge in [0.15, 0.2) is 21.5 Å². The lowest BCUT2D eigenvalue weighted by Gasteiger charge is -2.08. The van der Waals surface area contributed by atoms with E-state index in [4.69, 9.17) is 5.73 Å². The van der Waals surface area contributed by atoms with Crippen molar-refractivity contribution in [1.29, 1.82) is 0 Å². The first-order valence-electron chi connectivity index (χ1n) is 5.74. The van der Waals surface area contributed by atoms with Gasteiger partial charge in [0.2, 0.25) is 0 Å². The van der Waals surface area contributed by atoms with E-state index in [-0.39, 0.29) is 17.2 Å². The molecule has 0 saturated heterocycles. The predicted octanol–water partition coefficient (Wildman–Crippen LogP) is 1.79. The summed E-state index contributed by atoms with van der Waals surface area (Å²) in [7, 11) is -3.79. The van der Waals surface area contributed by atoms with Crippen molar-refractivity contribution in [2.75, 3.05) is 0 Å². The molecule has 0 aliphatic heterocycles. The Morgan fingerprint density at radius 3 is 2.55 bits per heavy atom. The molecular weight excluding hydrogens is 286 g/mol. The molecule has 4 nitrogen and oxygen atoms in total. The van der Waals surface area contributed by atoms with Crippen molar-refractivity contribution in [2.24, 2.45) is 5.73 Å². The van der Waals surface area contributed by atoms with Crippen LogP contribution in [-0.4, -0.2) is 13.4 Å². The van der Waals surface area contributed by atoms with Gasteiger partial charge >= 0.3 is 0 Å². The maximum Gasteiger partial charge on any atom is 0.182 e. The quantitative estimate of drug-likeness (QED) is 0.873. The SMILES string of the molecule is NCc1ncccc1CS(=O)(=O)c1ccc(F)c(F)c1. The number of nitrogens with two attached hydrogens (primary N) is 1. The second-order valence-corrected chi connectivity index (χ2v) is 6.14. The first-order chi connectivity index (χ1) is 9.44. The Hall–Kier alpha value is -1.86. The van der Waals surface area contributed by atoms with E-state index in [0.717, 1.165) is 12.1 Å². The third-order valence-electron chi connectivity index (χ3n) is 2.77. The fourth-order valence-electron chi connectivity index (χ4n) is 1.74. The van der Waals surface area contributed by atoms with Crippen LogP contribution in [-0.2, 0) is 22.1 Å². The van der Waals surface area contributed by atoms with Crippen LogP contribution in [0.3, 0.4) is 0 Å².